The quantitative estimate of drug-likeness (QED) is 0.0439. The predicted molar refractivity (Wildman–Crippen MR) is 584 cm³/mol. The van der Waals surface area contributed by atoms with Crippen LogP contribution < -0.4 is 0 Å². The van der Waals surface area contributed by atoms with Crippen LogP contribution in [-0.4, -0.2) is 0 Å². The van der Waals surface area contributed by atoms with E-state index >= 15 is 0 Å². The zero-order valence-corrected chi connectivity index (χ0v) is 78.7. The molecule has 19 aromatic carbocycles. The van der Waals surface area contributed by atoms with Crippen molar-refractivity contribution >= 4 is 76.2 Å². The molecule has 4 heteroatoms. The van der Waals surface area contributed by atoms with Crippen molar-refractivity contribution in [3.8, 4) is 157 Å². The van der Waals surface area contributed by atoms with E-state index in [0.717, 1.165) is 225 Å². The summed E-state index contributed by atoms with van der Waals surface area (Å²) in [6.45, 7) is 6.83. The van der Waals surface area contributed by atoms with Gasteiger partial charge in [-0.2, -0.15) is 0 Å². The number of benzene rings is 19. The summed E-state index contributed by atoms with van der Waals surface area (Å²) in [6, 6.07) is 156. The molecule has 0 bridgehead atoms. The summed E-state index contributed by atoms with van der Waals surface area (Å²) in [5.41, 5.74) is 34.2. The predicted octanol–water partition coefficient (Wildman–Crippen LogP) is 39.5. The molecule has 0 aliphatic rings. The average Bonchev–Trinajstić information content (AvgIpc) is 1.52. The number of rotatable bonds is 29. The molecule has 0 N–H and O–H groups in total. The van der Waals surface area contributed by atoms with Gasteiger partial charge in [-0.15, -0.1) is 0 Å². The summed E-state index contributed by atoms with van der Waals surface area (Å²) in [5.74, 6) is 3.42. The van der Waals surface area contributed by atoms with E-state index in [1.54, 1.807) is 0 Å². The Morgan fingerprint density at radius 1 is 0.159 bits per heavy atom. The van der Waals surface area contributed by atoms with Gasteiger partial charge in [0, 0.05) is 87.6 Å². The minimum absolute atomic E-state index is 0.830. The van der Waals surface area contributed by atoms with Crippen LogP contribution in [-0.2, 0) is 19.3 Å². The van der Waals surface area contributed by atoms with Crippen molar-refractivity contribution in [3.63, 3.8) is 0 Å². The molecule has 0 aliphatic heterocycles. The van der Waals surface area contributed by atoms with Gasteiger partial charge in [0.2, 0.25) is 0 Å². The van der Waals surface area contributed by atoms with Gasteiger partial charge in [0.15, 0.2) is 0 Å². The van der Waals surface area contributed by atoms with E-state index in [1.807, 2.05) is 0 Å². The molecule has 0 saturated heterocycles. The molecule has 0 amide bonds. The van der Waals surface area contributed by atoms with Gasteiger partial charge in [0.05, 0.1) is 0 Å². The van der Waals surface area contributed by atoms with Crippen LogP contribution in [0.3, 0.4) is 0 Å². The Morgan fingerprint density at radius 2 is 0.399 bits per heavy atom. The van der Waals surface area contributed by atoms with Crippen LogP contribution in [0.25, 0.3) is 233 Å². The summed E-state index contributed by atoms with van der Waals surface area (Å²) < 4.78 is 29.8. The van der Waals surface area contributed by atoms with Crippen LogP contribution in [0.4, 0.5) is 0 Å². The van der Waals surface area contributed by atoms with Crippen LogP contribution in [0.5, 0.6) is 0 Å². The normalized spacial score (nSPS) is 11.6. The molecule has 0 saturated carbocycles. The molecule has 0 atom stereocenters. The van der Waals surface area contributed by atoms with E-state index in [4.69, 9.17) is 17.7 Å². The molecule has 0 radical (unpaired) electrons. The first kappa shape index (κ1) is 87.5. The lowest BCUT2D eigenvalue weighted by Crippen LogP contribution is -1.91. The Morgan fingerprint density at radius 3 is 0.696 bits per heavy atom. The van der Waals surface area contributed by atoms with Crippen molar-refractivity contribution < 1.29 is 17.7 Å². The van der Waals surface area contributed by atoms with Gasteiger partial charge in [-0.05, 0) is 185 Å². The van der Waals surface area contributed by atoms with E-state index in [1.165, 1.54) is 121 Å². The van der Waals surface area contributed by atoms with Crippen molar-refractivity contribution in [2.24, 2.45) is 0 Å². The smallest absolute Gasteiger partial charge is 0.144 e. The number of fused-ring (bicyclic) bond motifs is 11. The van der Waals surface area contributed by atoms with Crippen LogP contribution in [0.15, 0.2) is 448 Å². The largest absolute Gasteiger partial charge is 0.455 e. The molecular weight excluding hydrogens is 1670 g/mol. The monoisotopic (exact) mass is 1780 g/mol. The zero-order chi connectivity index (χ0) is 92.6. The number of unbranched alkanes of at least 4 members (excludes halogenated alkanes) is 9. The van der Waals surface area contributed by atoms with Crippen LogP contribution in [0.2, 0.25) is 0 Å². The van der Waals surface area contributed by atoms with E-state index in [9.17, 15) is 0 Å². The van der Waals surface area contributed by atoms with E-state index in [-0.39, 0.29) is 0 Å². The molecule has 670 valence electrons. The van der Waals surface area contributed by atoms with Crippen molar-refractivity contribution in [3.05, 3.63) is 447 Å². The maximum Gasteiger partial charge on any atom is 0.144 e. The molecule has 23 aromatic rings. The minimum Gasteiger partial charge on any atom is -0.455 e. The molecule has 138 heavy (non-hydrogen) atoms. The fourth-order valence-corrected chi connectivity index (χ4v) is 21.1. The highest BCUT2D eigenvalue weighted by Crippen LogP contribution is 2.57. The standard InChI is InChI=1S/C72H54O2.C62H56O2/c1-2-3-4-9-22-48-37-39-51(40-38-48)61-46-63-65(53-24-10-5-11-25-53)69(55-28-14-7-15-29-55)74-72(63)68-62(47-64-66(54-26-12-6-13-27-54)70(73-71(64)67(61)68)56-30-16-8-17-31-56)52-43-41-49(42-44-52)57-33-20-34-58(45-57)60-36-21-32-50-23-18-19-35-59(50)60;1-3-5-7-13-23-43-33-37-45(38-34-43)51-41-53-55(47-25-15-9-16-26-47)59(49-29-19-11-20-30-49)64-62(53)58-52(46-39-35-44(36-40-46)24-14-8-6-4-2)42-54-56(48-27-17-10-18-28-48)60(63-61(54)57(51)58)50-31-21-12-22-32-50/h5-8,10-21,23-47H,2-4,9,22H2,1H3;9-12,15-22,25-42H,3-8,13-14,23-24H2,1-2H3. The Balaban J connectivity index is 0.000000161. The topological polar surface area (TPSA) is 52.6 Å². The maximum absolute atomic E-state index is 7.48. The van der Waals surface area contributed by atoms with Gasteiger partial charge < -0.3 is 17.7 Å². The third-order valence-electron chi connectivity index (χ3n) is 28.1. The average molecular weight is 1780 g/mol. The maximum atomic E-state index is 7.48. The van der Waals surface area contributed by atoms with Crippen molar-refractivity contribution in [1.29, 1.82) is 0 Å². The van der Waals surface area contributed by atoms with Gasteiger partial charge in [0.25, 0.3) is 0 Å². The number of hydrogen-bond acceptors (Lipinski definition) is 4. The lowest BCUT2D eigenvalue weighted by molar-refractivity contribution is 0.633. The highest BCUT2D eigenvalue weighted by atomic mass is 16.3. The highest BCUT2D eigenvalue weighted by Gasteiger charge is 2.33. The summed E-state index contributed by atoms with van der Waals surface area (Å²) in [5, 5.41) is 10.9. The Kier molecular flexibility index (Phi) is 25.3. The molecule has 0 aliphatic carbocycles. The first-order valence-electron chi connectivity index (χ1n) is 49.8. The van der Waals surface area contributed by atoms with Crippen molar-refractivity contribution in [1.82, 2.24) is 0 Å². The zero-order valence-electron chi connectivity index (χ0n) is 78.7. The second-order valence-corrected chi connectivity index (χ2v) is 37.1. The number of hydrogen-bond donors (Lipinski definition) is 0. The molecule has 4 aromatic heterocycles. The fourth-order valence-electron chi connectivity index (χ4n) is 21.1. The molecule has 23 rings (SSSR count). The number of aryl methyl sites for hydroxylation is 3. The van der Waals surface area contributed by atoms with Gasteiger partial charge in [-0.25, -0.2) is 0 Å². The first-order valence-corrected chi connectivity index (χ1v) is 49.8. The third-order valence-corrected chi connectivity index (χ3v) is 28.1. The molecule has 4 nitrogen and oxygen atoms in total. The third kappa shape index (κ3) is 17.4. The van der Waals surface area contributed by atoms with Crippen molar-refractivity contribution in [2.75, 3.05) is 0 Å². The summed E-state index contributed by atoms with van der Waals surface area (Å²) in [4.78, 5) is 0. The first-order chi connectivity index (χ1) is 68.4. The van der Waals surface area contributed by atoms with Crippen LogP contribution in [0, 0.1) is 0 Å². The van der Waals surface area contributed by atoms with E-state index in [0.29, 0.717) is 0 Å². The molecule has 4 heterocycles. The number of furan rings is 4. The van der Waals surface area contributed by atoms with E-state index < -0.39 is 0 Å². The summed E-state index contributed by atoms with van der Waals surface area (Å²) in [6.07, 6.45) is 18.1. The summed E-state index contributed by atoms with van der Waals surface area (Å²) in [7, 11) is 0. The molecule has 0 unspecified atom stereocenters. The van der Waals surface area contributed by atoms with Gasteiger partial charge in [0.1, 0.15) is 45.4 Å². The molecule has 0 fully saturated rings. The Hall–Kier alpha value is -15.9. The van der Waals surface area contributed by atoms with Crippen LogP contribution in [0.1, 0.15) is 115 Å². The lowest BCUT2D eigenvalue weighted by atomic mass is 9.86. The Labute approximate surface area is 809 Å². The Bertz CT molecular complexity index is 7940. The fraction of sp³-hybridized carbons (Fsp3) is 0.134. The van der Waals surface area contributed by atoms with Gasteiger partial charge in [-0.3, -0.25) is 0 Å². The van der Waals surface area contributed by atoms with Gasteiger partial charge >= 0.3 is 0 Å². The second-order valence-electron chi connectivity index (χ2n) is 37.1. The minimum atomic E-state index is 0.830. The molecule has 0 spiro atoms. The highest BCUT2D eigenvalue weighted by molar-refractivity contribution is 6.31. The molecular formula is C134H110O4. The van der Waals surface area contributed by atoms with Crippen LogP contribution >= 0.6 is 0 Å². The van der Waals surface area contributed by atoms with Crippen molar-refractivity contribution in [2.45, 2.75) is 117 Å². The summed E-state index contributed by atoms with van der Waals surface area (Å²) >= 11 is 0. The van der Waals surface area contributed by atoms with Gasteiger partial charge in [-0.1, -0.05) is 479 Å². The second kappa shape index (κ2) is 40.0. The lowest BCUT2D eigenvalue weighted by Gasteiger charge is -2.15. The van der Waals surface area contributed by atoms with E-state index in [2.05, 4.69) is 451 Å². The SMILES string of the molecule is CCCCCCc1ccc(-c2cc3c(-c4ccccc4)c(-c4ccccc4)oc3c3c(-c4ccc(-c5cccc(-c6cccc7ccccc67)c5)cc4)cc4c(-c5ccccc5)c(-c5ccccc5)oc4c23)cc1.CCCCCCc1ccc(-c2cc3c(-c4ccccc4)c(-c4ccccc4)oc3c3c(-c4ccc(CCCCCC)cc4)cc4c(-c5ccccc5)c(-c5ccccc5)oc4c23)cc1.